The zero-order valence-corrected chi connectivity index (χ0v) is 10.5. The van der Waals surface area contributed by atoms with Crippen LogP contribution in [-0.2, 0) is 4.74 Å². The monoisotopic (exact) mass is 257 g/mol. The third-order valence-electron chi connectivity index (χ3n) is 3.80. The van der Waals surface area contributed by atoms with Gasteiger partial charge in [0, 0.05) is 24.2 Å². The summed E-state index contributed by atoms with van der Waals surface area (Å²) < 4.78 is 5.48. The maximum absolute atomic E-state index is 12.6. The van der Waals surface area contributed by atoms with Gasteiger partial charge in [-0.05, 0) is 25.0 Å². The Kier molecular flexibility index (Phi) is 3.28. The number of fused-ring (bicyclic) bond motifs is 2. The maximum Gasteiger partial charge on any atom is 0.168 e. The van der Waals surface area contributed by atoms with E-state index in [9.17, 15) is 4.79 Å². The Bertz CT molecular complexity index is 526. The smallest absolute Gasteiger partial charge is 0.168 e. The number of piperidine rings is 1. The van der Waals surface area contributed by atoms with Gasteiger partial charge in [0.05, 0.1) is 18.8 Å². The van der Waals surface area contributed by atoms with Crippen molar-refractivity contribution in [1.82, 2.24) is 10.3 Å². The molecule has 2 aliphatic rings. The Morgan fingerprint density at radius 3 is 2.84 bits per heavy atom. The SMILES string of the molecule is N#Cc1ncccc1C(=O)C1CC2COCC(C1)N2. The highest BCUT2D eigenvalue weighted by Gasteiger charge is 2.36. The van der Waals surface area contributed by atoms with Gasteiger partial charge in [-0.2, -0.15) is 5.26 Å². The fourth-order valence-corrected chi connectivity index (χ4v) is 2.96. The number of morpholine rings is 1. The van der Waals surface area contributed by atoms with Gasteiger partial charge in [-0.1, -0.05) is 0 Å². The van der Waals surface area contributed by atoms with Crippen LogP contribution in [0.4, 0.5) is 0 Å². The predicted octanol–water partition coefficient (Wildman–Crippen LogP) is 0.903. The predicted molar refractivity (Wildman–Crippen MR) is 67.5 cm³/mol. The number of nitrogens with zero attached hydrogens (tertiary/aromatic N) is 2. The minimum Gasteiger partial charge on any atom is -0.378 e. The van der Waals surface area contributed by atoms with Crippen molar-refractivity contribution in [3.63, 3.8) is 0 Å². The third-order valence-corrected chi connectivity index (χ3v) is 3.80. The van der Waals surface area contributed by atoms with Crippen LogP contribution >= 0.6 is 0 Å². The summed E-state index contributed by atoms with van der Waals surface area (Å²) in [5, 5.41) is 12.5. The summed E-state index contributed by atoms with van der Waals surface area (Å²) in [6.07, 6.45) is 3.09. The van der Waals surface area contributed by atoms with E-state index >= 15 is 0 Å². The lowest BCUT2D eigenvalue weighted by Crippen LogP contribution is -2.55. The van der Waals surface area contributed by atoms with Crippen LogP contribution in [0.5, 0.6) is 0 Å². The van der Waals surface area contributed by atoms with Gasteiger partial charge in [-0.25, -0.2) is 4.98 Å². The Morgan fingerprint density at radius 1 is 1.42 bits per heavy atom. The number of rotatable bonds is 2. The zero-order chi connectivity index (χ0) is 13.2. The molecule has 0 radical (unpaired) electrons. The second-order valence-electron chi connectivity index (χ2n) is 5.14. The van der Waals surface area contributed by atoms with Crippen molar-refractivity contribution in [1.29, 1.82) is 5.26 Å². The molecule has 1 N–H and O–H groups in total. The van der Waals surface area contributed by atoms with E-state index in [-0.39, 0.29) is 29.5 Å². The van der Waals surface area contributed by atoms with Gasteiger partial charge in [-0.15, -0.1) is 0 Å². The molecule has 0 saturated carbocycles. The van der Waals surface area contributed by atoms with Crippen molar-refractivity contribution in [2.45, 2.75) is 24.9 Å². The molecule has 5 heteroatoms. The van der Waals surface area contributed by atoms with Gasteiger partial charge in [0.1, 0.15) is 6.07 Å². The molecule has 2 fully saturated rings. The van der Waals surface area contributed by atoms with Crippen LogP contribution in [-0.4, -0.2) is 36.1 Å². The van der Waals surface area contributed by atoms with Crippen LogP contribution in [0, 0.1) is 17.2 Å². The quantitative estimate of drug-likeness (QED) is 0.797. The first-order valence-electron chi connectivity index (χ1n) is 6.51. The minimum atomic E-state index is -0.0311. The molecule has 19 heavy (non-hydrogen) atoms. The molecule has 3 heterocycles. The van der Waals surface area contributed by atoms with Gasteiger partial charge < -0.3 is 10.1 Å². The topological polar surface area (TPSA) is 75.0 Å². The van der Waals surface area contributed by atoms with Crippen LogP contribution < -0.4 is 5.32 Å². The molecule has 0 spiro atoms. The average Bonchev–Trinajstić information content (AvgIpc) is 2.46. The Morgan fingerprint density at radius 2 is 2.16 bits per heavy atom. The first-order chi connectivity index (χ1) is 9.28. The summed E-state index contributed by atoms with van der Waals surface area (Å²) in [6, 6.07) is 5.90. The van der Waals surface area contributed by atoms with E-state index in [1.165, 1.54) is 0 Å². The highest BCUT2D eigenvalue weighted by atomic mass is 16.5. The van der Waals surface area contributed by atoms with Gasteiger partial charge >= 0.3 is 0 Å². The molecular formula is C14H15N3O2. The fourth-order valence-electron chi connectivity index (χ4n) is 2.96. The van der Waals surface area contributed by atoms with Crippen molar-refractivity contribution in [2.24, 2.45) is 5.92 Å². The fraction of sp³-hybridized carbons (Fsp3) is 0.500. The lowest BCUT2D eigenvalue weighted by Gasteiger charge is -2.39. The third kappa shape index (κ3) is 2.37. The molecule has 5 nitrogen and oxygen atoms in total. The molecule has 2 unspecified atom stereocenters. The highest BCUT2D eigenvalue weighted by molar-refractivity contribution is 5.99. The molecule has 2 saturated heterocycles. The first kappa shape index (κ1) is 12.3. The number of carbonyl (C=O) groups is 1. The number of hydrogen-bond donors (Lipinski definition) is 1. The molecular weight excluding hydrogens is 242 g/mol. The first-order valence-corrected chi connectivity index (χ1v) is 6.51. The summed E-state index contributed by atoms with van der Waals surface area (Å²) in [5.41, 5.74) is 0.684. The van der Waals surface area contributed by atoms with Crippen LogP contribution in [0.15, 0.2) is 18.3 Å². The number of ether oxygens (including phenoxy) is 1. The van der Waals surface area contributed by atoms with Crippen LogP contribution in [0.2, 0.25) is 0 Å². The van der Waals surface area contributed by atoms with E-state index in [2.05, 4.69) is 10.3 Å². The van der Waals surface area contributed by atoms with E-state index < -0.39 is 0 Å². The van der Waals surface area contributed by atoms with Crippen molar-refractivity contribution in [2.75, 3.05) is 13.2 Å². The van der Waals surface area contributed by atoms with E-state index in [0.29, 0.717) is 18.8 Å². The second kappa shape index (κ2) is 5.08. The van der Waals surface area contributed by atoms with Gasteiger partial charge in [0.15, 0.2) is 11.5 Å². The molecule has 1 aromatic heterocycles. The number of pyridine rings is 1. The number of aromatic nitrogens is 1. The summed E-state index contributed by atoms with van der Waals surface area (Å²) in [7, 11) is 0. The maximum atomic E-state index is 12.6. The lowest BCUT2D eigenvalue weighted by molar-refractivity contribution is 0.00951. The summed E-state index contributed by atoms with van der Waals surface area (Å²) in [5.74, 6) is 0.0134. The number of hydrogen-bond acceptors (Lipinski definition) is 5. The zero-order valence-electron chi connectivity index (χ0n) is 10.5. The standard InChI is InChI=1S/C14H15N3O2/c15-6-13-12(2-1-3-16-13)14(18)9-4-10-7-19-8-11(5-9)17-10/h1-3,9-11,17H,4-5,7-8H2. The van der Waals surface area contributed by atoms with E-state index in [4.69, 9.17) is 10.00 Å². The second-order valence-corrected chi connectivity index (χ2v) is 5.14. The van der Waals surface area contributed by atoms with Crippen LogP contribution in [0.3, 0.4) is 0 Å². The average molecular weight is 257 g/mol. The van der Waals surface area contributed by atoms with Crippen molar-refractivity contribution in [3.05, 3.63) is 29.6 Å². The Balaban J connectivity index is 1.82. The van der Waals surface area contributed by atoms with Gasteiger partial charge in [0.2, 0.25) is 0 Å². The van der Waals surface area contributed by atoms with Crippen molar-refractivity contribution < 1.29 is 9.53 Å². The van der Waals surface area contributed by atoms with E-state index in [1.807, 2.05) is 6.07 Å². The van der Waals surface area contributed by atoms with Crippen LogP contribution in [0.1, 0.15) is 28.9 Å². The molecule has 2 atom stereocenters. The molecule has 0 amide bonds. The van der Waals surface area contributed by atoms with Crippen LogP contribution in [0.25, 0.3) is 0 Å². The molecule has 2 aliphatic heterocycles. The Hall–Kier alpha value is -1.77. The number of Topliss-reactive ketones (excluding diaryl/α,β-unsaturated/α-hetero) is 1. The minimum absolute atomic E-state index is 0.0311. The largest absolute Gasteiger partial charge is 0.378 e. The summed E-state index contributed by atoms with van der Waals surface area (Å²) >= 11 is 0. The number of ketones is 1. The van der Waals surface area contributed by atoms with E-state index in [1.54, 1.807) is 18.3 Å². The Labute approximate surface area is 111 Å². The normalized spacial score (nSPS) is 29.5. The molecule has 3 rings (SSSR count). The molecule has 0 aliphatic carbocycles. The summed E-state index contributed by atoms with van der Waals surface area (Å²) in [4.78, 5) is 16.5. The van der Waals surface area contributed by atoms with Crippen molar-refractivity contribution in [3.8, 4) is 6.07 Å². The molecule has 2 bridgehead atoms. The van der Waals surface area contributed by atoms with Gasteiger partial charge in [0.25, 0.3) is 0 Å². The molecule has 1 aromatic rings. The lowest BCUT2D eigenvalue weighted by atomic mass is 9.82. The van der Waals surface area contributed by atoms with E-state index in [0.717, 1.165) is 12.8 Å². The number of nitrogens with one attached hydrogen (secondary N) is 1. The number of nitriles is 1. The summed E-state index contributed by atoms with van der Waals surface area (Å²) in [6.45, 7) is 1.33. The molecule has 0 aromatic carbocycles. The highest BCUT2D eigenvalue weighted by Crippen LogP contribution is 2.27. The van der Waals surface area contributed by atoms with Gasteiger partial charge in [-0.3, -0.25) is 4.79 Å². The number of carbonyl (C=O) groups excluding carboxylic acids is 1. The molecule has 98 valence electrons. The van der Waals surface area contributed by atoms with Crippen molar-refractivity contribution >= 4 is 5.78 Å².